The average Bonchev–Trinajstić information content (AvgIpc) is 2.69. The van der Waals surface area contributed by atoms with Gasteiger partial charge < -0.3 is 24.4 Å². The molecule has 2 atom stereocenters. The second-order valence-corrected chi connectivity index (χ2v) is 8.18. The monoisotopic (exact) mass is 428 g/mol. The molecule has 168 valence electrons. The van der Waals surface area contributed by atoms with Crippen LogP contribution in [0.2, 0.25) is 0 Å². The van der Waals surface area contributed by atoms with E-state index >= 15 is 0 Å². The highest BCUT2D eigenvalue weighted by atomic mass is 19.2. The van der Waals surface area contributed by atoms with Crippen molar-refractivity contribution in [3.63, 3.8) is 0 Å². The molecule has 1 aliphatic rings. The van der Waals surface area contributed by atoms with E-state index in [1.54, 1.807) is 25.7 Å². The van der Waals surface area contributed by atoms with E-state index < -0.39 is 35.5 Å². The van der Waals surface area contributed by atoms with Gasteiger partial charge in [0.2, 0.25) is 0 Å². The van der Waals surface area contributed by atoms with E-state index in [0.29, 0.717) is 25.9 Å². The summed E-state index contributed by atoms with van der Waals surface area (Å²) in [7, 11) is 1.24. The van der Waals surface area contributed by atoms with Crippen molar-refractivity contribution < 1.29 is 32.6 Å². The maximum atomic E-state index is 14.5. The Morgan fingerprint density at radius 1 is 1.30 bits per heavy atom. The van der Waals surface area contributed by atoms with Gasteiger partial charge in [0, 0.05) is 31.1 Å². The van der Waals surface area contributed by atoms with Gasteiger partial charge in [-0.3, -0.25) is 0 Å². The topological polar surface area (TPSA) is 77.1 Å². The van der Waals surface area contributed by atoms with Gasteiger partial charge in [0.05, 0.1) is 19.8 Å². The smallest absolute Gasteiger partial charge is 0.410 e. The minimum absolute atomic E-state index is 0.0681. The largest absolute Gasteiger partial charge is 0.453 e. The molecule has 0 saturated carbocycles. The Hall–Kier alpha value is -2.42. The molecule has 9 heteroatoms. The number of methoxy groups -OCH3 is 1. The first-order chi connectivity index (χ1) is 14.1. The number of benzene rings is 1. The Morgan fingerprint density at radius 2 is 2.03 bits per heavy atom. The van der Waals surface area contributed by atoms with Crippen molar-refractivity contribution in [2.24, 2.45) is 5.92 Å². The fourth-order valence-corrected chi connectivity index (χ4v) is 3.38. The number of carbonyl (C=O) groups excluding carboxylic acids is 2. The summed E-state index contributed by atoms with van der Waals surface area (Å²) < 4.78 is 44.2. The van der Waals surface area contributed by atoms with Crippen molar-refractivity contribution in [2.45, 2.75) is 45.3 Å². The molecule has 0 bridgehead atoms. The van der Waals surface area contributed by atoms with E-state index in [1.165, 1.54) is 19.2 Å². The number of likely N-dealkylation sites (tertiary alicyclic amines) is 1. The second-order valence-electron chi connectivity index (χ2n) is 8.18. The third kappa shape index (κ3) is 6.83. The molecule has 0 aliphatic carbocycles. The van der Waals surface area contributed by atoms with Crippen LogP contribution >= 0.6 is 0 Å². The van der Waals surface area contributed by atoms with Gasteiger partial charge in [-0.15, -0.1) is 0 Å². The van der Waals surface area contributed by atoms with E-state index in [-0.39, 0.29) is 24.6 Å². The van der Waals surface area contributed by atoms with Crippen molar-refractivity contribution >= 4 is 12.2 Å². The zero-order valence-electron chi connectivity index (χ0n) is 17.9. The Bertz CT molecular complexity index is 739. The molecule has 1 saturated heterocycles. The van der Waals surface area contributed by atoms with Crippen molar-refractivity contribution in [1.82, 2.24) is 10.2 Å². The molecule has 0 radical (unpaired) electrons. The lowest BCUT2D eigenvalue weighted by molar-refractivity contribution is -0.0260. The molecule has 2 amide bonds. The number of carbonyl (C=O) groups is 2. The van der Waals surface area contributed by atoms with Gasteiger partial charge >= 0.3 is 12.2 Å². The van der Waals surface area contributed by atoms with Crippen LogP contribution in [0.3, 0.4) is 0 Å². The summed E-state index contributed by atoms with van der Waals surface area (Å²) >= 11 is 0. The van der Waals surface area contributed by atoms with Crippen LogP contribution in [-0.4, -0.2) is 56.0 Å². The Balaban J connectivity index is 2.15. The summed E-state index contributed by atoms with van der Waals surface area (Å²) in [5, 5.41) is 2.48. The van der Waals surface area contributed by atoms with Crippen LogP contribution in [0.5, 0.6) is 0 Å². The summed E-state index contributed by atoms with van der Waals surface area (Å²) in [6, 6.07) is 3.94. The van der Waals surface area contributed by atoms with E-state index in [4.69, 9.17) is 9.47 Å². The lowest BCUT2D eigenvalue weighted by Crippen LogP contribution is -2.44. The number of halogens is 2. The highest BCUT2D eigenvalue weighted by molar-refractivity contribution is 5.68. The van der Waals surface area contributed by atoms with Crippen molar-refractivity contribution in [2.75, 3.05) is 33.4 Å². The van der Waals surface area contributed by atoms with Crippen LogP contribution in [0.15, 0.2) is 18.2 Å². The zero-order valence-corrected chi connectivity index (χ0v) is 17.9. The third-order valence-electron chi connectivity index (χ3n) is 4.68. The predicted molar refractivity (Wildman–Crippen MR) is 106 cm³/mol. The molecule has 1 aliphatic heterocycles. The van der Waals surface area contributed by atoms with Gasteiger partial charge in [-0.25, -0.2) is 18.4 Å². The number of ether oxygens (including phenoxy) is 3. The number of hydrogen-bond acceptors (Lipinski definition) is 5. The molecular formula is C21H30F2N2O5. The molecule has 0 spiro atoms. The first-order valence-corrected chi connectivity index (χ1v) is 9.97. The van der Waals surface area contributed by atoms with E-state index in [9.17, 15) is 18.4 Å². The summed E-state index contributed by atoms with van der Waals surface area (Å²) in [5.41, 5.74) is -0.544. The summed E-state index contributed by atoms with van der Waals surface area (Å²) in [6.45, 7) is 6.38. The number of nitrogens with zero attached hydrogens (tertiary/aromatic N) is 1. The van der Waals surface area contributed by atoms with E-state index in [1.807, 2.05) is 0 Å². The molecule has 2 rings (SSSR count). The van der Waals surface area contributed by atoms with Gasteiger partial charge in [-0.2, -0.15) is 0 Å². The number of piperidine rings is 1. The molecule has 1 unspecified atom stereocenters. The summed E-state index contributed by atoms with van der Waals surface area (Å²) in [5.74, 6) is -2.20. The first kappa shape index (κ1) is 23.9. The fraction of sp³-hybridized carbons (Fsp3) is 0.619. The van der Waals surface area contributed by atoms with Crippen LogP contribution in [-0.2, 0) is 14.2 Å². The molecular weight excluding hydrogens is 398 g/mol. The van der Waals surface area contributed by atoms with Crippen LogP contribution in [0, 0.1) is 17.6 Å². The van der Waals surface area contributed by atoms with Gasteiger partial charge in [0.15, 0.2) is 11.6 Å². The lowest BCUT2D eigenvalue weighted by atomic mass is 9.88. The van der Waals surface area contributed by atoms with Crippen LogP contribution in [0.25, 0.3) is 0 Å². The second kappa shape index (κ2) is 10.6. The zero-order chi connectivity index (χ0) is 22.3. The van der Waals surface area contributed by atoms with Crippen molar-refractivity contribution in [3.05, 3.63) is 35.4 Å². The van der Waals surface area contributed by atoms with Crippen molar-refractivity contribution in [1.29, 1.82) is 0 Å². The van der Waals surface area contributed by atoms with Crippen LogP contribution < -0.4 is 5.32 Å². The van der Waals surface area contributed by atoms with Crippen LogP contribution in [0.4, 0.5) is 18.4 Å². The van der Waals surface area contributed by atoms with Crippen LogP contribution in [0.1, 0.15) is 45.3 Å². The highest BCUT2D eigenvalue weighted by Gasteiger charge is 2.34. The molecule has 1 N–H and O–H groups in total. The standard InChI is InChI=1S/C21H30F2N2O5/c1-21(2,3)30-20(27)25-11-6-7-14(13-25)18(29-12-10-24-19(26)28-4)15-8-5-9-16(22)17(15)23/h5,8-9,14,18H,6-7,10-13H2,1-4H3,(H,24,26)/t14?,18-/m1/s1. The number of amides is 2. The Morgan fingerprint density at radius 3 is 2.70 bits per heavy atom. The molecule has 30 heavy (non-hydrogen) atoms. The molecule has 1 aromatic rings. The minimum Gasteiger partial charge on any atom is -0.453 e. The minimum atomic E-state index is -0.974. The molecule has 1 heterocycles. The molecule has 1 aromatic carbocycles. The summed E-state index contributed by atoms with van der Waals surface area (Å²) in [4.78, 5) is 25.2. The maximum Gasteiger partial charge on any atom is 0.410 e. The van der Waals surface area contributed by atoms with E-state index in [2.05, 4.69) is 10.1 Å². The molecule has 7 nitrogen and oxygen atoms in total. The normalized spacial score (nSPS) is 17.9. The fourth-order valence-electron chi connectivity index (χ4n) is 3.38. The lowest BCUT2D eigenvalue weighted by Gasteiger charge is -2.37. The SMILES string of the molecule is COC(=O)NCCO[C@@H](c1cccc(F)c1F)C1CCCN(C(=O)OC(C)(C)C)C1. The van der Waals surface area contributed by atoms with Gasteiger partial charge in [0.1, 0.15) is 5.60 Å². The summed E-state index contributed by atoms with van der Waals surface area (Å²) in [6.07, 6.45) is -0.491. The average molecular weight is 428 g/mol. The number of hydrogen-bond donors (Lipinski definition) is 1. The van der Waals surface area contributed by atoms with Gasteiger partial charge in [-0.05, 0) is 39.7 Å². The Kier molecular flexibility index (Phi) is 8.40. The third-order valence-corrected chi connectivity index (χ3v) is 4.68. The maximum absolute atomic E-state index is 14.5. The first-order valence-electron chi connectivity index (χ1n) is 9.97. The van der Waals surface area contributed by atoms with E-state index in [0.717, 1.165) is 6.07 Å². The van der Waals surface area contributed by atoms with Gasteiger partial charge in [-0.1, -0.05) is 12.1 Å². The number of alkyl carbamates (subject to hydrolysis) is 1. The molecule has 1 fully saturated rings. The van der Waals surface area contributed by atoms with Gasteiger partial charge in [0.25, 0.3) is 0 Å². The van der Waals surface area contributed by atoms with Crippen molar-refractivity contribution in [3.8, 4) is 0 Å². The Labute approximate surface area is 175 Å². The predicted octanol–water partition coefficient (Wildman–Crippen LogP) is 4.03. The highest BCUT2D eigenvalue weighted by Crippen LogP contribution is 2.35. The molecule has 0 aromatic heterocycles. The number of rotatable bonds is 6. The number of nitrogens with one attached hydrogen (secondary N) is 1. The quantitative estimate of drug-likeness (QED) is 0.693.